The second-order valence-electron chi connectivity index (χ2n) is 5.83. The van der Waals surface area contributed by atoms with E-state index in [0.29, 0.717) is 0 Å². The molecule has 21 heavy (non-hydrogen) atoms. The van der Waals surface area contributed by atoms with Crippen LogP contribution in [-0.4, -0.2) is 34.6 Å². The van der Waals surface area contributed by atoms with Crippen LogP contribution in [0.25, 0.3) is 10.8 Å². The molecular formula is C18H21NO2. The van der Waals surface area contributed by atoms with E-state index in [0.717, 1.165) is 42.1 Å². The van der Waals surface area contributed by atoms with Crippen LogP contribution in [0.15, 0.2) is 42.5 Å². The molecule has 2 atom stereocenters. The molecule has 1 heterocycles. The third-order valence-corrected chi connectivity index (χ3v) is 4.39. The minimum atomic E-state index is -0.482. The van der Waals surface area contributed by atoms with Crippen molar-refractivity contribution >= 4 is 16.7 Å². The molecule has 2 aromatic rings. The van der Waals surface area contributed by atoms with Gasteiger partial charge in [-0.2, -0.15) is 0 Å². The normalized spacial score (nSPS) is 20.5. The highest BCUT2D eigenvalue weighted by Gasteiger charge is 2.30. The topological polar surface area (TPSA) is 40.5 Å². The molecule has 0 saturated carbocycles. The van der Waals surface area contributed by atoms with Gasteiger partial charge in [-0.25, -0.2) is 0 Å². The lowest BCUT2D eigenvalue weighted by molar-refractivity contribution is 0.0282. The average molecular weight is 283 g/mol. The third-order valence-electron chi connectivity index (χ3n) is 4.39. The first-order chi connectivity index (χ1) is 10.2. The van der Waals surface area contributed by atoms with Crippen molar-refractivity contribution in [3.05, 3.63) is 48.0 Å². The summed E-state index contributed by atoms with van der Waals surface area (Å²) >= 11 is 0. The van der Waals surface area contributed by atoms with Crippen molar-refractivity contribution in [2.45, 2.75) is 38.3 Å². The van der Waals surface area contributed by atoms with Crippen LogP contribution in [0.3, 0.4) is 0 Å². The van der Waals surface area contributed by atoms with Gasteiger partial charge >= 0.3 is 0 Å². The smallest absolute Gasteiger partial charge is 0.254 e. The number of fused-ring (bicyclic) bond motifs is 1. The molecule has 1 fully saturated rings. The lowest BCUT2D eigenvalue weighted by Gasteiger charge is -2.37. The molecule has 3 heteroatoms. The fourth-order valence-electron chi connectivity index (χ4n) is 3.28. The fraction of sp³-hybridized carbons (Fsp3) is 0.389. The van der Waals surface area contributed by atoms with E-state index in [2.05, 4.69) is 0 Å². The molecule has 0 aliphatic carbocycles. The van der Waals surface area contributed by atoms with Crippen molar-refractivity contribution in [2.75, 3.05) is 6.54 Å². The van der Waals surface area contributed by atoms with Crippen LogP contribution < -0.4 is 0 Å². The molecule has 1 saturated heterocycles. The lowest BCUT2D eigenvalue weighted by Crippen LogP contribution is -2.48. The van der Waals surface area contributed by atoms with Crippen LogP contribution in [-0.2, 0) is 0 Å². The highest BCUT2D eigenvalue weighted by atomic mass is 16.3. The molecule has 3 rings (SSSR count). The van der Waals surface area contributed by atoms with Gasteiger partial charge in [0.15, 0.2) is 0 Å². The Balaban J connectivity index is 1.99. The molecule has 2 aromatic carbocycles. The number of hydrogen-bond donors (Lipinski definition) is 1. The number of nitrogens with zero attached hydrogens (tertiary/aromatic N) is 1. The minimum absolute atomic E-state index is 0.0393. The van der Waals surface area contributed by atoms with Crippen LogP contribution in [0.5, 0.6) is 0 Å². The van der Waals surface area contributed by atoms with E-state index in [4.69, 9.17) is 0 Å². The number of hydrogen-bond acceptors (Lipinski definition) is 2. The molecule has 0 radical (unpaired) electrons. The van der Waals surface area contributed by atoms with E-state index >= 15 is 0 Å². The third kappa shape index (κ3) is 2.66. The number of benzene rings is 2. The number of aliphatic hydroxyl groups excluding tert-OH is 1. The summed E-state index contributed by atoms with van der Waals surface area (Å²) in [6.45, 7) is 2.51. The van der Waals surface area contributed by atoms with Crippen LogP contribution in [0.1, 0.15) is 36.5 Å². The van der Waals surface area contributed by atoms with Crippen molar-refractivity contribution in [3.8, 4) is 0 Å². The minimum Gasteiger partial charge on any atom is -0.391 e. The van der Waals surface area contributed by atoms with Crippen molar-refractivity contribution in [3.63, 3.8) is 0 Å². The summed E-state index contributed by atoms with van der Waals surface area (Å²) < 4.78 is 0. The Kier molecular flexibility index (Phi) is 3.93. The molecule has 1 amide bonds. The summed E-state index contributed by atoms with van der Waals surface area (Å²) in [5, 5.41) is 12.0. The van der Waals surface area contributed by atoms with Gasteiger partial charge in [0, 0.05) is 12.1 Å². The number of piperidine rings is 1. The highest BCUT2D eigenvalue weighted by molar-refractivity contribution is 6.07. The number of amides is 1. The SMILES string of the molecule is CC(O)C1CCCCN1C(=O)c1cccc2ccccc12. The van der Waals surface area contributed by atoms with E-state index < -0.39 is 6.10 Å². The Labute approximate surface area is 125 Å². The lowest BCUT2D eigenvalue weighted by atomic mass is 9.96. The van der Waals surface area contributed by atoms with Gasteiger partial charge in [-0.1, -0.05) is 36.4 Å². The van der Waals surface area contributed by atoms with Gasteiger partial charge < -0.3 is 10.0 Å². The van der Waals surface area contributed by atoms with E-state index in [1.807, 2.05) is 47.4 Å². The maximum atomic E-state index is 12.9. The first kappa shape index (κ1) is 14.1. The van der Waals surface area contributed by atoms with E-state index in [1.165, 1.54) is 0 Å². The van der Waals surface area contributed by atoms with Crippen LogP contribution in [0.4, 0.5) is 0 Å². The predicted octanol–water partition coefficient (Wildman–Crippen LogP) is 3.22. The Bertz CT molecular complexity index is 645. The van der Waals surface area contributed by atoms with Crippen LogP contribution in [0, 0.1) is 0 Å². The Morgan fingerprint density at radius 3 is 2.76 bits per heavy atom. The van der Waals surface area contributed by atoms with Crippen LogP contribution >= 0.6 is 0 Å². The van der Waals surface area contributed by atoms with E-state index in [-0.39, 0.29) is 11.9 Å². The van der Waals surface area contributed by atoms with Gasteiger partial charge in [0.1, 0.15) is 0 Å². The molecule has 0 aromatic heterocycles. The van der Waals surface area contributed by atoms with Gasteiger partial charge in [-0.15, -0.1) is 0 Å². The molecule has 0 bridgehead atoms. The molecule has 3 nitrogen and oxygen atoms in total. The molecule has 1 aliphatic rings. The molecule has 1 aliphatic heterocycles. The van der Waals surface area contributed by atoms with E-state index in [9.17, 15) is 9.90 Å². The summed E-state index contributed by atoms with van der Waals surface area (Å²) in [6.07, 6.45) is 2.49. The second-order valence-corrected chi connectivity index (χ2v) is 5.83. The zero-order valence-corrected chi connectivity index (χ0v) is 12.3. The Hall–Kier alpha value is -1.87. The standard InChI is InChI=1S/C18H21NO2/c1-13(20)17-11-4-5-12-19(17)18(21)16-10-6-8-14-7-2-3-9-15(14)16/h2-3,6-10,13,17,20H,4-5,11-12H2,1H3. The van der Waals surface area contributed by atoms with Crippen molar-refractivity contribution < 1.29 is 9.90 Å². The zero-order valence-electron chi connectivity index (χ0n) is 12.3. The average Bonchev–Trinajstić information content (AvgIpc) is 2.53. The van der Waals surface area contributed by atoms with Crippen LogP contribution in [0.2, 0.25) is 0 Å². The number of rotatable bonds is 2. The van der Waals surface area contributed by atoms with Gasteiger partial charge in [-0.05, 0) is 43.0 Å². The summed E-state index contributed by atoms with van der Waals surface area (Å²) in [6, 6.07) is 13.7. The maximum Gasteiger partial charge on any atom is 0.254 e. The first-order valence-corrected chi connectivity index (χ1v) is 7.65. The molecular weight excluding hydrogens is 262 g/mol. The van der Waals surface area contributed by atoms with Crippen molar-refractivity contribution in [2.24, 2.45) is 0 Å². The molecule has 0 spiro atoms. The number of carbonyl (C=O) groups is 1. The Morgan fingerprint density at radius 2 is 1.95 bits per heavy atom. The zero-order chi connectivity index (χ0) is 14.8. The molecule has 110 valence electrons. The largest absolute Gasteiger partial charge is 0.391 e. The van der Waals surface area contributed by atoms with Gasteiger partial charge in [0.25, 0.3) is 5.91 Å². The summed E-state index contributed by atoms with van der Waals surface area (Å²) in [7, 11) is 0. The number of likely N-dealkylation sites (tertiary alicyclic amines) is 1. The fourth-order valence-corrected chi connectivity index (χ4v) is 3.28. The van der Waals surface area contributed by atoms with Gasteiger partial charge in [0.05, 0.1) is 12.1 Å². The summed E-state index contributed by atoms with van der Waals surface area (Å²) in [4.78, 5) is 14.8. The summed E-state index contributed by atoms with van der Waals surface area (Å²) in [5.74, 6) is 0.0393. The first-order valence-electron chi connectivity index (χ1n) is 7.65. The quantitative estimate of drug-likeness (QED) is 0.919. The second kappa shape index (κ2) is 5.86. The van der Waals surface area contributed by atoms with Crippen molar-refractivity contribution in [1.29, 1.82) is 0 Å². The van der Waals surface area contributed by atoms with E-state index in [1.54, 1.807) is 6.92 Å². The monoisotopic (exact) mass is 283 g/mol. The summed E-state index contributed by atoms with van der Waals surface area (Å²) in [5.41, 5.74) is 0.737. The van der Waals surface area contributed by atoms with Crippen molar-refractivity contribution in [1.82, 2.24) is 4.90 Å². The van der Waals surface area contributed by atoms with Gasteiger partial charge in [-0.3, -0.25) is 4.79 Å². The highest BCUT2D eigenvalue weighted by Crippen LogP contribution is 2.25. The number of aliphatic hydroxyl groups is 1. The predicted molar refractivity (Wildman–Crippen MR) is 84.3 cm³/mol. The molecule has 2 unspecified atom stereocenters. The number of carbonyl (C=O) groups excluding carboxylic acids is 1. The maximum absolute atomic E-state index is 12.9. The van der Waals surface area contributed by atoms with Gasteiger partial charge in [0.2, 0.25) is 0 Å². The Morgan fingerprint density at radius 1 is 1.19 bits per heavy atom. The molecule has 1 N–H and O–H groups in total.